The van der Waals surface area contributed by atoms with E-state index in [2.05, 4.69) is 25.9 Å². The first-order chi connectivity index (χ1) is 12.1. The first-order valence-corrected chi connectivity index (χ1v) is 9.87. The Morgan fingerprint density at radius 3 is 2.56 bits per heavy atom. The van der Waals surface area contributed by atoms with Crippen LogP contribution in [0.25, 0.3) is 0 Å². The van der Waals surface area contributed by atoms with Crippen LogP contribution in [0, 0.1) is 19.8 Å². The predicted molar refractivity (Wildman–Crippen MR) is 110 cm³/mol. The molecule has 2 aromatic rings. The Labute approximate surface area is 175 Å². The number of hydrogen-bond donors (Lipinski definition) is 2. The molecule has 2 fully saturated rings. The quantitative estimate of drug-likeness (QED) is 0.758. The van der Waals surface area contributed by atoms with Gasteiger partial charge in [0.1, 0.15) is 5.01 Å². The van der Waals surface area contributed by atoms with Crippen molar-refractivity contribution in [1.82, 2.24) is 30.6 Å². The molecule has 0 spiro atoms. The van der Waals surface area contributed by atoms with Crippen molar-refractivity contribution in [2.75, 3.05) is 13.1 Å². The zero-order valence-electron chi connectivity index (χ0n) is 15.5. The average molecular weight is 433 g/mol. The topological polar surface area (TPSA) is 84.7 Å². The third-order valence-corrected chi connectivity index (χ3v) is 6.13. The molecule has 3 heterocycles. The van der Waals surface area contributed by atoms with Crippen molar-refractivity contribution in [1.29, 1.82) is 0 Å². The second-order valence-corrected chi connectivity index (χ2v) is 7.95. The van der Waals surface area contributed by atoms with Crippen molar-refractivity contribution in [3.63, 3.8) is 0 Å². The minimum Gasteiger partial charge on any atom is -0.341 e. The number of nitrogens with zero attached hydrogens (tertiary/aromatic N) is 4. The van der Waals surface area contributed by atoms with Gasteiger partial charge < -0.3 is 10.6 Å². The molecule has 27 heavy (non-hydrogen) atoms. The van der Waals surface area contributed by atoms with Gasteiger partial charge in [-0.1, -0.05) is 5.21 Å². The monoisotopic (exact) mass is 432 g/mol. The van der Waals surface area contributed by atoms with Gasteiger partial charge in [-0.3, -0.25) is 4.79 Å². The van der Waals surface area contributed by atoms with Gasteiger partial charge in [0.2, 0.25) is 0 Å². The highest BCUT2D eigenvalue weighted by molar-refractivity contribution is 7.09. The van der Waals surface area contributed by atoms with E-state index >= 15 is 0 Å². The maximum absolute atomic E-state index is 12.8. The van der Waals surface area contributed by atoms with Crippen molar-refractivity contribution in [2.24, 2.45) is 5.92 Å². The lowest BCUT2D eigenvalue weighted by molar-refractivity contribution is 0.0925. The van der Waals surface area contributed by atoms with Gasteiger partial charge in [-0.2, -0.15) is 0 Å². The molecule has 1 aliphatic carbocycles. The molecule has 10 heteroatoms. The molecule has 2 N–H and O–H groups in total. The van der Waals surface area contributed by atoms with E-state index < -0.39 is 0 Å². The molecule has 1 aliphatic heterocycles. The van der Waals surface area contributed by atoms with Gasteiger partial charge in [-0.15, -0.1) is 41.2 Å². The van der Waals surface area contributed by atoms with Gasteiger partial charge in [0.25, 0.3) is 5.91 Å². The third-order valence-electron chi connectivity index (χ3n) is 5.08. The summed E-state index contributed by atoms with van der Waals surface area (Å²) >= 11 is 1.62. The summed E-state index contributed by atoms with van der Waals surface area (Å²) in [6, 6.07) is 0.325. The number of piperidine rings is 1. The molecule has 1 unspecified atom stereocenters. The molecule has 1 saturated carbocycles. The van der Waals surface area contributed by atoms with Gasteiger partial charge in [0, 0.05) is 11.1 Å². The van der Waals surface area contributed by atoms with Crippen molar-refractivity contribution in [2.45, 2.75) is 51.6 Å². The van der Waals surface area contributed by atoms with Gasteiger partial charge in [0.15, 0.2) is 5.69 Å². The zero-order chi connectivity index (χ0) is 17.4. The number of nitrogens with one attached hydrogen (secondary N) is 2. The highest BCUT2D eigenvalue weighted by atomic mass is 35.5. The second kappa shape index (κ2) is 9.32. The number of amides is 1. The van der Waals surface area contributed by atoms with Crippen molar-refractivity contribution in [3.05, 3.63) is 27.5 Å². The first-order valence-electron chi connectivity index (χ1n) is 8.99. The molecule has 1 amide bonds. The van der Waals surface area contributed by atoms with Crippen LogP contribution in [0.2, 0.25) is 0 Å². The Bertz CT molecular complexity index is 769. The number of halogens is 2. The van der Waals surface area contributed by atoms with Gasteiger partial charge in [0.05, 0.1) is 17.8 Å². The number of aromatic nitrogens is 4. The van der Waals surface area contributed by atoms with E-state index in [9.17, 15) is 4.79 Å². The first kappa shape index (κ1) is 22.1. The van der Waals surface area contributed by atoms with Crippen LogP contribution in [0.5, 0.6) is 0 Å². The van der Waals surface area contributed by atoms with Crippen LogP contribution in [-0.4, -0.2) is 39.0 Å². The lowest BCUT2D eigenvalue weighted by atomic mass is 10.1. The van der Waals surface area contributed by atoms with Gasteiger partial charge in [-0.25, -0.2) is 9.67 Å². The summed E-state index contributed by atoms with van der Waals surface area (Å²) in [7, 11) is 0. The third kappa shape index (κ3) is 4.80. The zero-order valence-corrected chi connectivity index (χ0v) is 17.9. The maximum Gasteiger partial charge on any atom is 0.274 e. The summed E-state index contributed by atoms with van der Waals surface area (Å²) < 4.78 is 1.93. The van der Waals surface area contributed by atoms with Crippen LogP contribution in [-0.2, 0) is 0 Å². The molecule has 4 rings (SSSR count). The van der Waals surface area contributed by atoms with Crippen LogP contribution in [0.3, 0.4) is 0 Å². The largest absolute Gasteiger partial charge is 0.341 e. The molecule has 2 aromatic heterocycles. The van der Waals surface area contributed by atoms with Crippen molar-refractivity contribution in [3.8, 4) is 0 Å². The lowest BCUT2D eigenvalue weighted by Crippen LogP contribution is -2.31. The molecule has 0 radical (unpaired) electrons. The number of hydrogen-bond acceptors (Lipinski definition) is 6. The minimum atomic E-state index is -0.137. The molecule has 150 valence electrons. The Kier molecular flexibility index (Phi) is 7.62. The van der Waals surface area contributed by atoms with Gasteiger partial charge in [-0.05, 0) is 58.5 Å². The fourth-order valence-electron chi connectivity index (χ4n) is 3.48. The number of rotatable bonds is 5. The van der Waals surface area contributed by atoms with Crippen LogP contribution in [0.1, 0.15) is 64.7 Å². The van der Waals surface area contributed by atoms with Crippen molar-refractivity contribution >= 4 is 42.1 Å². The fraction of sp³-hybridized carbons (Fsp3) is 0.647. The second-order valence-electron chi connectivity index (χ2n) is 7.06. The van der Waals surface area contributed by atoms with E-state index in [4.69, 9.17) is 0 Å². The molecule has 1 saturated heterocycles. The predicted octanol–water partition coefficient (Wildman–Crippen LogP) is 3.00. The Morgan fingerprint density at radius 2 is 1.96 bits per heavy atom. The lowest BCUT2D eigenvalue weighted by Gasteiger charge is -2.23. The number of thiazole rings is 1. The van der Waals surface area contributed by atoms with E-state index in [1.807, 2.05) is 23.9 Å². The Balaban J connectivity index is 0.00000131. The normalized spacial score (nSPS) is 18.3. The fourth-order valence-corrected chi connectivity index (χ4v) is 4.42. The van der Waals surface area contributed by atoms with Crippen LogP contribution in [0.4, 0.5) is 0 Å². The molecule has 2 aliphatic rings. The van der Waals surface area contributed by atoms with E-state index in [0.717, 1.165) is 55.2 Å². The molecule has 7 nitrogen and oxygen atoms in total. The van der Waals surface area contributed by atoms with E-state index in [1.165, 1.54) is 0 Å². The SMILES string of the molecule is Cc1csc(C(NC(=O)c2nnn(C3CCNCC3)c2C)C2CC2)n1.Cl.Cl. The summed E-state index contributed by atoms with van der Waals surface area (Å²) in [5.41, 5.74) is 2.31. The molecule has 0 aromatic carbocycles. The smallest absolute Gasteiger partial charge is 0.274 e. The summed E-state index contributed by atoms with van der Waals surface area (Å²) in [4.78, 5) is 17.4. The Hall–Kier alpha value is -1.22. The summed E-state index contributed by atoms with van der Waals surface area (Å²) in [5, 5.41) is 18.0. The average Bonchev–Trinajstić information content (AvgIpc) is 3.26. The number of carbonyl (C=O) groups is 1. The van der Waals surface area contributed by atoms with E-state index in [1.54, 1.807) is 11.3 Å². The minimum absolute atomic E-state index is 0. The highest BCUT2D eigenvalue weighted by Crippen LogP contribution is 2.42. The molecular weight excluding hydrogens is 407 g/mol. The summed E-state index contributed by atoms with van der Waals surface area (Å²) in [6.07, 6.45) is 4.33. The van der Waals surface area contributed by atoms with E-state index in [0.29, 0.717) is 17.7 Å². The van der Waals surface area contributed by atoms with Crippen LogP contribution in [0.15, 0.2) is 5.38 Å². The highest BCUT2D eigenvalue weighted by Gasteiger charge is 2.36. The number of aryl methyl sites for hydroxylation is 1. The van der Waals surface area contributed by atoms with Crippen LogP contribution < -0.4 is 10.6 Å². The Morgan fingerprint density at radius 1 is 1.26 bits per heavy atom. The molecular formula is C17H26Cl2N6OS. The summed E-state index contributed by atoms with van der Waals surface area (Å²) in [6.45, 7) is 5.90. The summed E-state index contributed by atoms with van der Waals surface area (Å²) in [5.74, 6) is 0.358. The van der Waals surface area contributed by atoms with Crippen molar-refractivity contribution < 1.29 is 4.79 Å². The van der Waals surface area contributed by atoms with E-state index in [-0.39, 0.29) is 36.8 Å². The molecule has 0 bridgehead atoms. The number of carbonyl (C=O) groups excluding carboxylic acids is 1. The molecule has 1 atom stereocenters. The van der Waals surface area contributed by atoms with Gasteiger partial charge >= 0.3 is 0 Å². The van der Waals surface area contributed by atoms with Crippen LogP contribution >= 0.6 is 36.2 Å². The maximum atomic E-state index is 12.8. The standard InChI is InChI=1S/C17H24N6OS.2ClH/c1-10-9-25-17(19-10)15(12-3-4-12)20-16(24)14-11(2)23(22-21-14)13-5-7-18-8-6-13;;/h9,12-13,15,18H,3-8H2,1-2H3,(H,20,24);2*1H.